The lowest BCUT2D eigenvalue weighted by molar-refractivity contribution is -0.310. The van der Waals surface area contributed by atoms with Gasteiger partial charge in [0.1, 0.15) is 31.1 Å². The van der Waals surface area contributed by atoms with Gasteiger partial charge in [0.15, 0.2) is 0 Å². The van der Waals surface area contributed by atoms with Gasteiger partial charge >= 0.3 is 0 Å². The number of para-hydroxylation sites is 1. The second kappa shape index (κ2) is 13.1. The minimum Gasteiger partial charge on any atom is -0.387 e. The molecule has 2 heterocycles. The van der Waals surface area contributed by atoms with Crippen LogP contribution in [0, 0.1) is 6.92 Å². The summed E-state index contributed by atoms with van der Waals surface area (Å²) < 4.78 is 17.9. The van der Waals surface area contributed by atoms with E-state index in [0.29, 0.717) is 6.42 Å². The van der Waals surface area contributed by atoms with Gasteiger partial charge in [-0.05, 0) is 49.1 Å². The summed E-state index contributed by atoms with van der Waals surface area (Å²) in [5.74, 6) is -0.621. The van der Waals surface area contributed by atoms with Gasteiger partial charge in [-0.2, -0.15) is 0 Å². The molecule has 1 amide bonds. The Bertz CT molecular complexity index is 1230. The summed E-state index contributed by atoms with van der Waals surface area (Å²) >= 11 is 0. The first-order valence-electron chi connectivity index (χ1n) is 12.6. The number of aromatic amines is 1. The van der Waals surface area contributed by atoms with Crippen LogP contribution in [0.15, 0.2) is 60.7 Å². The third-order valence-electron chi connectivity index (χ3n) is 6.65. The molecule has 2 aromatic carbocycles. The number of carbonyl (C=O) groups excluding carboxylic acids is 1. The fraction of sp³-hybridized carbons (Fsp3) is 0.393. The molecule has 1 aliphatic heterocycles. The number of alkyl halides is 1. The average Bonchev–Trinajstić information content (AvgIpc) is 3.25. The molecular weight excluding hydrogens is 493 g/mol. The molecule has 1 saturated heterocycles. The highest BCUT2D eigenvalue weighted by molar-refractivity contribution is 5.86. The number of aliphatic hydroxyl groups is 3. The maximum absolute atomic E-state index is 12.9. The molecule has 1 aromatic heterocycles. The van der Waals surface area contributed by atoms with E-state index in [1.807, 2.05) is 30.3 Å². The summed E-state index contributed by atoms with van der Waals surface area (Å²) in [6.07, 6.45) is -3.43. The molecule has 0 saturated carbocycles. The van der Waals surface area contributed by atoms with Crippen LogP contribution in [0.25, 0.3) is 10.9 Å². The molecule has 0 unspecified atom stereocenters. The van der Waals surface area contributed by atoms with Crippen molar-refractivity contribution >= 4 is 16.8 Å². The van der Waals surface area contributed by atoms with Crippen LogP contribution in [0.1, 0.15) is 22.4 Å². The van der Waals surface area contributed by atoms with Crippen molar-refractivity contribution in [1.29, 1.82) is 0 Å². The minimum absolute atomic E-state index is 0.512. The van der Waals surface area contributed by atoms with E-state index in [1.54, 1.807) is 6.08 Å². The summed E-state index contributed by atoms with van der Waals surface area (Å²) in [6, 6.07) is 16.4. The Morgan fingerprint density at radius 3 is 2.58 bits per heavy atom. The number of fused-ring (bicyclic) bond motifs is 1. The van der Waals surface area contributed by atoms with Crippen molar-refractivity contribution in [2.45, 2.75) is 57.0 Å². The molecule has 0 aliphatic carbocycles. The average molecular weight is 528 g/mol. The fourth-order valence-electron chi connectivity index (χ4n) is 4.49. The third kappa shape index (κ3) is 6.84. The number of rotatable bonds is 11. The van der Waals surface area contributed by atoms with Crippen molar-refractivity contribution in [3.05, 3.63) is 83.1 Å². The lowest BCUT2D eigenvalue weighted by Crippen LogP contribution is -2.59. The number of hydrogen-bond donors (Lipinski definition) is 6. The van der Waals surface area contributed by atoms with Crippen LogP contribution in [-0.4, -0.2) is 70.1 Å². The van der Waals surface area contributed by atoms with E-state index >= 15 is 0 Å². The Labute approximate surface area is 220 Å². The highest BCUT2D eigenvalue weighted by Crippen LogP contribution is 2.23. The molecule has 1 fully saturated rings. The maximum atomic E-state index is 12.9. The summed E-state index contributed by atoms with van der Waals surface area (Å²) in [5.41, 5.74) is 7.96. The quantitative estimate of drug-likeness (QED) is 0.127. The molecule has 4 rings (SSSR count). The molecule has 9 nitrogen and oxygen atoms in total. The number of aryl methyl sites for hydroxylation is 1. The zero-order chi connectivity index (χ0) is 27.1. The van der Waals surface area contributed by atoms with Crippen LogP contribution < -0.4 is 10.8 Å². The lowest BCUT2D eigenvalue weighted by atomic mass is 10.00. The standard InChI is InChI=1S/C28H34FN3O6/c1-17-20(21-6-2-3-7-22(21)31-17)13-14-30-16-19-11-9-18(10-12-19)5-4-8-24(33)32-38-28-27(36)26(35)25(34)23(15-29)37-28/h2-4,6-12,23,25-28,30-31,34-36H,5,13-16H2,1H3,(H,32,33)/b8-4+/t23-,25+,26+,27-,28+/m1/s1. The maximum Gasteiger partial charge on any atom is 0.267 e. The molecule has 10 heteroatoms. The number of amides is 1. The normalized spacial score (nSPS) is 23.8. The summed E-state index contributed by atoms with van der Waals surface area (Å²) in [4.78, 5) is 20.4. The predicted octanol–water partition coefficient (Wildman–Crippen LogP) is 1.73. The van der Waals surface area contributed by atoms with Crippen molar-refractivity contribution in [3.8, 4) is 0 Å². The van der Waals surface area contributed by atoms with Crippen molar-refractivity contribution in [3.63, 3.8) is 0 Å². The third-order valence-corrected chi connectivity index (χ3v) is 6.65. The number of halogens is 1. The number of carbonyl (C=O) groups is 1. The van der Waals surface area contributed by atoms with Crippen molar-refractivity contribution < 1.29 is 34.1 Å². The van der Waals surface area contributed by atoms with E-state index < -0.39 is 43.3 Å². The molecule has 0 spiro atoms. The molecule has 204 valence electrons. The molecule has 0 radical (unpaired) electrons. The van der Waals surface area contributed by atoms with Crippen LogP contribution in [0.4, 0.5) is 4.39 Å². The number of hydroxylamine groups is 1. The smallest absolute Gasteiger partial charge is 0.267 e. The Hall–Kier alpha value is -3.12. The molecule has 0 bridgehead atoms. The number of ether oxygens (including phenoxy) is 1. The Morgan fingerprint density at radius 1 is 1.08 bits per heavy atom. The number of nitrogens with one attached hydrogen (secondary N) is 3. The van der Waals surface area contributed by atoms with Gasteiger partial charge in [-0.15, -0.1) is 0 Å². The predicted molar refractivity (Wildman–Crippen MR) is 140 cm³/mol. The van der Waals surface area contributed by atoms with Crippen molar-refractivity contribution in [2.24, 2.45) is 0 Å². The Balaban J connectivity index is 1.17. The van der Waals surface area contributed by atoms with Gasteiger partial charge in [-0.3, -0.25) is 4.79 Å². The first-order valence-corrected chi connectivity index (χ1v) is 12.6. The molecule has 6 N–H and O–H groups in total. The highest BCUT2D eigenvalue weighted by Gasteiger charge is 2.44. The summed E-state index contributed by atoms with van der Waals surface area (Å²) in [5, 5.41) is 34.0. The minimum atomic E-state index is -1.66. The molecule has 3 aromatic rings. The number of benzene rings is 2. The van der Waals surface area contributed by atoms with Gasteiger partial charge in [-0.1, -0.05) is 48.5 Å². The zero-order valence-electron chi connectivity index (χ0n) is 21.1. The van der Waals surface area contributed by atoms with Gasteiger partial charge in [0.2, 0.25) is 6.29 Å². The van der Waals surface area contributed by atoms with Crippen LogP contribution in [0.3, 0.4) is 0 Å². The van der Waals surface area contributed by atoms with E-state index in [1.165, 1.54) is 28.2 Å². The first kappa shape index (κ1) is 27.9. The Kier molecular flexibility index (Phi) is 9.62. The van der Waals surface area contributed by atoms with E-state index in [9.17, 15) is 24.5 Å². The van der Waals surface area contributed by atoms with Gasteiger partial charge < -0.3 is 30.4 Å². The second-order valence-corrected chi connectivity index (χ2v) is 9.38. The first-order chi connectivity index (χ1) is 18.4. The number of H-pyrrole nitrogens is 1. The van der Waals surface area contributed by atoms with Crippen molar-refractivity contribution in [1.82, 2.24) is 15.8 Å². The number of aliphatic hydroxyl groups excluding tert-OH is 3. The van der Waals surface area contributed by atoms with E-state index in [4.69, 9.17) is 9.57 Å². The topological polar surface area (TPSA) is 136 Å². The zero-order valence-corrected chi connectivity index (χ0v) is 21.1. The fourth-order valence-corrected chi connectivity index (χ4v) is 4.49. The number of allylic oxidation sites excluding steroid dienone is 1. The monoisotopic (exact) mass is 527 g/mol. The van der Waals surface area contributed by atoms with E-state index in [0.717, 1.165) is 30.6 Å². The van der Waals surface area contributed by atoms with E-state index in [2.05, 4.69) is 40.9 Å². The second-order valence-electron chi connectivity index (χ2n) is 9.38. The van der Waals surface area contributed by atoms with Crippen molar-refractivity contribution in [2.75, 3.05) is 13.2 Å². The van der Waals surface area contributed by atoms with Gasteiger partial charge in [-0.25, -0.2) is 14.7 Å². The largest absolute Gasteiger partial charge is 0.387 e. The van der Waals surface area contributed by atoms with E-state index in [-0.39, 0.29) is 0 Å². The lowest BCUT2D eigenvalue weighted by Gasteiger charge is -2.38. The number of hydrogen-bond acceptors (Lipinski definition) is 7. The highest BCUT2D eigenvalue weighted by atomic mass is 19.1. The summed E-state index contributed by atoms with van der Waals surface area (Å²) in [7, 11) is 0. The van der Waals surface area contributed by atoms with Crippen LogP contribution >= 0.6 is 0 Å². The van der Waals surface area contributed by atoms with Crippen LogP contribution in [-0.2, 0) is 33.8 Å². The SMILES string of the molecule is Cc1[nH]c2ccccc2c1CCNCc1ccc(C/C=C/C(=O)NO[C@@H]2O[C@H](CF)[C@H](O)[C@H](O)[C@H]2O)cc1. The number of aromatic nitrogens is 1. The van der Waals surface area contributed by atoms with Gasteiger partial charge in [0.05, 0.1) is 0 Å². The summed E-state index contributed by atoms with van der Waals surface area (Å²) in [6.45, 7) is 2.63. The molecule has 1 aliphatic rings. The Morgan fingerprint density at radius 2 is 1.82 bits per heavy atom. The molecule has 38 heavy (non-hydrogen) atoms. The van der Waals surface area contributed by atoms with Gasteiger partial charge in [0, 0.05) is 29.2 Å². The molecule has 5 atom stereocenters. The molecular formula is C28H34FN3O6. The van der Waals surface area contributed by atoms with Gasteiger partial charge in [0.25, 0.3) is 5.91 Å². The van der Waals surface area contributed by atoms with Crippen LogP contribution in [0.5, 0.6) is 0 Å². The van der Waals surface area contributed by atoms with Crippen LogP contribution in [0.2, 0.25) is 0 Å².